The Morgan fingerprint density at radius 1 is 0.500 bits per heavy atom. The van der Waals surface area contributed by atoms with E-state index in [4.69, 9.17) is 46.4 Å². The SMILES string of the molecule is Clc1c2nc(c(Cl)c3[nH]c(c(Cl)c4nc(c(Cl)c5ccc1[nH]5)C=C4)c1ccccc31)C=C2. The Hall–Kier alpha value is -2.76. The molecule has 8 heteroatoms. The van der Waals surface area contributed by atoms with Gasteiger partial charge >= 0.3 is 0 Å². The summed E-state index contributed by atoms with van der Waals surface area (Å²) in [5.41, 5.74) is 5.24. The standard InChI is InChI=1S/C24H12Cl4N4/c25-19-13-5-6-14(29-13)20(26)16-8-10-18(31-16)22(28)24-12-4-2-1-3-11(12)23(32-24)21(27)17-9-7-15(19)30-17/h1-10,29,32H. The van der Waals surface area contributed by atoms with Crippen molar-refractivity contribution in [3.8, 4) is 0 Å². The van der Waals surface area contributed by atoms with Gasteiger partial charge in [-0.05, 0) is 36.4 Å². The molecule has 5 heterocycles. The van der Waals surface area contributed by atoms with E-state index < -0.39 is 0 Å². The highest BCUT2D eigenvalue weighted by atomic mass is 35.5. The maximum atomic E-state index is 6.82. The number of aromatic amines is 2. The molecule has 2 aliphatic rings. The first kappa shape index (κ1) is 19.9. The molecular formula is C24H12Cl4N4. The molecule has 0 atom stereocenters. The molecule has 8 bridgehead atoms. The number of fused-ring (bicyclic) bond motifs is 11. The van der Waals surface area contributed by atoms with Crippen LogP contribution in [0.4, 0.5) is 0 Å². The van der Waals surface area contributed by atoms with Crippen LogP contribution in [0.25, 0.3) is 57.1 Å². The third kappa shape index (κ3) is 2.99. The van der Waals surface area contributed by atoms with Crippen LogP contribution in [0.3, 0.4) is 0 Å². The van der Waals surface area contributed by atoms with Gasteiger partial charge in [0, 0.05) is 10.8 Å². The minimum atomic E-state index is 0.466. The zero-order chi connectivity index (χ0) is 22.0. The van der Waals surface area contributed by atoms with Crippen molar-refractivity contribution < 1.29 is 0 Å². The Balaban J connectivity index is 1.87. The molecule has 0 fully saturated rings. The predicted octanol–water partition coefficient (Wildman–Crippen LogP) is 8.42. The lowest BCUT2D eigenvalue weighted by molar-refractivity contribution is 1.31. The van der Waals surface area contributed by atoms with Gasteiger partial charge in [0.05, 0.1) is 64.9 Å². The quantitative estimate of drug-likeness (QED) is 0.221. The van der Waals surface area contributed by atoms with Crippen molar-refractivity contribution in [2.45, 2.75) is 0 Å². The first-order valence-corrected chi connectivity index (χ1v) is 11.2. The van der Waals surface area contributed by atoms with E-state index in [9.17, 15) is 0 Å². The van der Waals surface area contributed by atoms with E-state index in [-0.39, 0.29) is 0 Å². The van der Waals surface area contributed by atoms with Crippen molar-refractivity contribution in [3.63, 3.8) is 0 Å². The molecule has 0 radical (unpaired) electrons. The second-order valence-corrected chi connectivity index (χ2v) is 8.91. The zero-order valence-electron chi connectivity index (χ0n) is 16.2. The molecule has 2 N–H and O–H groups in total. The Kier molecular flexibility index (Phi) is 4.60. The maximum Gasteiger partial charge on any atom is 0.0904 e. The summed E-state index contributed by atoms with van der Waals surface area (Å²) in [6.45, 7) is 0. The fourth-order valence-electron chi connectivity index (χ4n) is 3.92. The van der Waals surface area contributed by atoms with E-state index in [2.05, 4.69) is 19.9 Å². The van der Waals surface area contributed by atoms with E-state index in [0.29, 0.717) is 53.9 Å². The highest BCUT2D eigenvalue weighted by Crippen LogP contribution is 2.36. The van der Waals surface area contributed by atoms with Crippen LogP contribution >= 0.6 is 46.4 Å². The maximum absolute atomic E-state index is 6.82. The van der Waals surface area contributed by atoms with Gasteiger partial charge in [-0.15, -0.1) is 0 Å². The van der Waals surface area contributed by atoms with Gasteiger partial charge in [-0.1, -0.05) is 70.7 Å². The highest BCUT2D eigenvalue weighted by Gasteiger charge is 2.16. The fourth-order valence-corrected chi connectivity index (χ4v) is 4.86. The number of nitrogens with zero attached hydrogens (tertiary/aromatic N) is 2. The normalized spacial score (nSPS) is 12.8. The average Bonchev–Trinajstić information content (AvgIpc) is 3.61. The van der Waals surface area contributed by atoms with E-state index >= 15 is 0 Å². The molecule has 0 spiro atoms. The molecule has 0 unspecified atom stereocenters. The average molecular weight is 498 g/mol. The van der Waals surface area contributed by atoms with Gasteiger partial charge in [-0.2, -0.15) is 0 Å². The van der Waals surface area contributed by atoms with Crippen molar-refractivity contribution >= 4 is 104 Å². The van der Waals surface area contributed by atoms with Crippen molar-refractivity contribution in [3.05, 3.63) is 79.3 Å². The number of nitrogens with one attached hydrogen (secondary N) is 2. The number of rotatable bonds is 0. The molecule has 0 aliphatic carbocycles. The van der Waals surface area contributed by atoms with Crippen LogP contribution in [0.5, 0.6) is 0 Å². The van der Waals surface area contributed by atoms with Crippen LogP contribution in [0.1, 0.15) is 22.8 Å². The monoisotopic (exact) mass is 496 g/mol. The fraction of sp³-hybridized carbons (Fsp3) is 0. The van der Waals surface area contributed by atoms with Gasteiger partial charge in [-0.3, -0.25) is 0 Å². The number of hydrogen-bond donors (Lipinski definition) is 2. The lowest BCUT2D eigenvalue weighted by Crippen LogP contribution is -1.81. The van der Waals surface area contributed by atoms with Crippen molar-refractivity contribution in [1.29, 1.82) is 0 Å². The molecule has 32 heavy (non-hydrogen) atoms. The third-order valence-corrected chi connectivity index (χ3v) is 7.05. The Labute approximate surface area is 202 Å². The summed E-state index contributed by atoms with van der Waals surface area (Å²) in [5, 5.41) is 3.74. The molecule has 156 valence electrons. The van der Waals surface area contributed by atoms with Crippen LogP contribution in [-0.4, -0.2) is 19.9 Å². The van der Waals surface area contributed by atoms with Crippen LogP contribution in [0.2, 0.25) is 20.1 Å². The Morgan fingerprint density at radius 3 is 1.34 bits per heavy atom. The number of benzene rings is 1. The lowest BCUT2D eigenvalue weighted by Gasteiger charge is -1.95. The summed E-state index contributed by atoms with van der Waals surface area (Å²) in [7, 11) is 0. The summed E-state index contributed by atoms with van der Waals surface area (Å²) >= 11 is 26.9. The summed E-state index contributed by atoms with van der Waals surface area (Å²) in [5.74, 6) is 0. The van der Waals surface area contributed by atoms with Gasteiger partial charge in [-0.25, -0.2) is 9.97 Å². The van der Waals surface area contributed by atoms with Crippen LogP contribution in [0, 0.1) is 0 Å². The van der Waals surface area contributed by atoms with Crippen LogP contribution in [0.15, 0.2) is 36.4 Å². The minimum absolute atomic E-state index is 0.466. The molecule has 1 aromatic carbocycles. The van der Waals surface area contributed by atoms with Crippen molar-refractivity contribution in [1.82, 2.24) is 19.9 Å². The van der Waals surface area contributed by atoms with Gasteiger partial charge in [0.2, 0.25) is 0 Å². The summed E-state index contributed by atoms with van der Waals surface area (Å²) in [4.78, 5) is 15.9. The van der Waals surface area contributed by atoms with Crippen molar-refractivity contribution in [2.75, 3.05) is 0 Å². The van der Waals surface area contributed by atoms with Crippen molar-refractivity contribution in [2.24, 2.45) is 0 Å². The molecule has 0 amide bonds. The minimum Gasteiger partial charge on any atom is -0.353 e. The lowest BCUT2D eigenvalue weighted by atomic mass is 10.1. The third-order valence-electron chi connectivity index (χ3n) is 5.49. The number of hydrogen-bond acceptors (Lipinski definition) is 2. The first-order valence-electron chi connectivity index (χ1n) is 9.71. The Bertz CT molecular complexity index is 1560. The molecule has 2 aliphatic heterocycles. The predicted molar refractivity (Wildman–Crippen MR) is 136 cm³/mol. The Morgan fingerprint density at radius 2 is 0.906 bits per heavy atom. The summed E-state index contributed by atoms with van der Waals surface area (Å²) < 4.78 is 0. The number of H-pyrrole nitrogens is 2. The smallest absolute Gasteiger partial charge is 0.0904 e. The molecule has 4 aromatic rings. The second kappa shape index (κ2) is 7.39. The van der Waals surface area contributed by atoms with E-state index in [1.54, 1.807) is 0 Å². The van der Waals surface area contributed by atoms with E-state index in [0.717, 1.165) is 21.8 Å². The van der Waals surface area contributed by atoms with Crippen LogP contribution < -0.4 is 0 Å². The molecular weight excluding hydrogens is 486 g/mol. The molecule has 6 rings (SSSR count). The van der Waals surface area contributed by atoms with Gasteiger partial charge in [0.15, 0.2) is 0 Å². The van der Waals surface area contributed by atoms with Gasteiger partial charge in [0.1, 0.15) is 0 Å². The van der Waals surface area contributed by atoms with E-state index in [1.807, 2.05) is 60.7 Å². The largest absolute Gasteiger partial charge is 0.353 e. The molecule has 0 saturated heterocycles. The molecule has 0 saturated carbocycles. The molecule has 3 aromatic heterocycles. The second-order valence-electron chi connectivity index (χ2n) is 7.39. The number of aromatic nitrogens is 4. The van der Waals surface area contributed by atoms with E-state index in [1.165, 1.54) is 0 Å². The highest BCUT2D eigenvalue weighted by molar-refractivity contribution is 6.40. The zero-order valence-corrected chi connectivity index (χ0v) is 19.2. The number of halogens is 4. The first-order chi connectivity index (χ1) is 15.5. The van der Waals surface area contributed by atoms with Crippen LogP contribution in [-0.2, 0) is 0 Å². The molecule has 4 nitrogen and oxygen atoms in total. The summed E-state index contributed by atoms with van der Waals surface area (Å²) in [6.07, 6.45) is 7.35. The van der Waals surface area contributed by atoms with Gasteiger partial charge in [0.25, 0.3) is 0 Å². The topological polar surface area (TPSA) is 57.4 Å². The van der Waals surface area contributed by atoms with Gasteiger partial charge < -0.3 is 9.97 Å². The summed E-state index contributed by atoms with van der Waals surface area (Å²) in [6, 6.07) is 11.6.